The second-order valence-electron chi connectivity index (χ2n) is 11.6. The van der Waals surface area contributed by atoms with Gasteiger partial charge in [-0.3, -0.25) is 4.79 Å². The van der Waals surface area contributed by atoms with E-state index in [1.54, 1.807) is 0 Å². The van der Waals surface area contributed by atoms with E-state index in [9.17, 15) is 9.90 Å². The molecule has 2 aliphatic heterocycles. The molecule has 6 rings (SSSR count). The van der Waals surface area contributed by atoms with Crippen molar-refractivity contribution in [3.63, 3.8) is 0 Å². The van der Waals surface area contributed by atoms with Crippen molar-refractivity contribution in [3.05, 3.63) is 41.0 Å². The number of anilines is 1. The zero-order valence-electron chi connectivity index (χ0n) is 22.1. The molecule has 2 saturated heterocycles. The number of carbonyl (C=O) groups excluding carboxylic acids is 1. The summed E-state index contributed by atoms with van der Waals surface area (Å²) < 4.78 is 17.7. The fraction of sp³-hybridized carbons (Fsp3) is 0.679. The van der Waals surface area contributed by atoms with Gasteiger partial charge in [-0.05, 0) is 74.1 Å². The zero-order valence-corrected chi connectivity index (χ0v) is 25.1. The predicted octanol–water partition coefficient (Wildman–Crippen LogP) is 4.51. The molecule has 0 unspecified atom stereocenters. The van der Waals surface area contributed by atoms with Gasteiger partial charge >= 0.3 is 5.97 Å². The number of allylic oxidation sites excluding steroid dienone is 1. The molecule has 4 fully saturated rings. The molecule has 0 amide bonds. The standard InChI is InChI=1S/C28H37NO5.3H2S/c1-26-16-21(18-4-6-19(7-5-18)29(2)3)24-20(22(26)10-13-32-25(26)30)8-11-27(31)17-28(12-9-23(24)27)33-14-15-34-28;;;/h4-7,20-22,31H,8-17H2,1-3H3;3*1H2/t20-,21+,22-,26-,27+;;;/m0.../s1. The number of nitrogens with zero attached hydrogens (tertiary/aromatic N) is 1. The maximum absolute atomic E-state index is 13.1. The molecule has 1 N–H and O–H groups in total. The van der Waals surface area contributed by atoms with Gasteiger partial charge in [-0.15, -0.1) is 0 Å². The molecule has 6 nitrogen and oxygen atoms in total. The first-order chi connectivity index (χ1) is 16.2. The van der Waals surface area contributed by atoms with Gasteiger partial charge in [0.05, 0.1) is 30.8 Å². The lowest BCUT2D eigenvalue weighted by atomic mass is 9.49. The van der Waals surface area contributed by atoms with Gasteiger partial charge in [0.1, 0.15) is 0 Å². The van der Waals surface area contributed by atoms with Crippen molar-refractivity contribution in [2.24, 2.45) is 17.3 Å². The minimum absolute atomic E-state index is 0. The summed E-state index contributed by atoms with van der Waals surface area (Å²) in [5.41, 5.74) is 3.62. The van der Waals surface area contributed by atoms with Gasteiger partial charge in [0.15, 0.2) is 5.79 Å². The van der Waals surface area contributed by atoms with E-state index in [2.05, 4.69) is 36.1 Å². The molecular formula is C28H43NO5S3. The Hall–Kier alpha value is -0.840. The fourth-order valence-electron chi connectivity index (χ4n) is 7.87. The van der Waals surface area contributed by atoms with E-state index < -0.39 is 16.8 Å². The highest BCUT2D eigenvalue weighted by Gasteiger charge is 2.60. The van der Waals surface area contributed by atoms with E-state index in [1.165, 1.54) is 16.7 Å². The van der Waals surface area contributed by atoms with Crippen LogP contribution in [0.4, 0.5) is 5.69 Å². The van der Waals surface area contributed by atoms with E-state index in [0.29, 0.717) is 38.6 Å². The van der Waals surface area contributed by atoms with Crippen LogP contribution in [0.2, 0.25) is 0 Å². The van der Waals surface area contributed by atoms with Crippen molar-refractivity contribution in [1.82, 2.24) is 0 Å². The van der Waals surface area contributed by atoms with E-state index in [4.69, 9.17) is 14.2 Å². The highest BCUT2D eigenvalue weighted by molar-refractivity contribution is 7.59. The molecule has 0 aromatic heterocycles. The van der Waals surface area contributed by atoms with Gasteiger partial charge < -0.3 is 24.2 Å². The predicted molar refractivity (Wildman–Crippen MR) is 160 cm³/mol. The first kappa shape index (κ1) is 30.7. The van der Waals surface area contributed by atoms with Gasteiger partial charge in [-0.2, -0.15) is 40.5 Å². The van der Waals surface area contributed by atoms with Gasteiger partial charge in [0, 0.05) is 38.5 Å². The lowest BCUT2D eigenvalue weighted by molar-refractivity contribution is -0.208. The number of fused-ring (bicyclic) bond motifs is 4. The van der Waals surface area contributed by atoms with Crippen LogP contribution in [0.3, 0.4) is 0 Å². The Morgan fingerprint density at radius 1 is 0.973 bits per heavy atom. The summed E-state index contributed by atoms with van der Waals surface area (Å²) in [6, 6.07) is 8.75. The Kier molecular flexibility index (Phi) is 9.10. The van der Waals surface area contributed by atoms with Crippen molar-refractivity contribution in [3.8, 4) is 0 Å². The fourth-order valence-corrected chi connectivity index (χ4v) is 7.87. The highest BCUT2D eigenvalue weighted by Crippen LogP contribution is 2.63. The number of cyclic esters (lactones) is 1. The molecule has 9 heteroatoms. The van der Waals surface area contributed by atoms with Crippen LogP contribution in [0.25, 0.3) is 0 Å². The largest absolute Gasteiger partial charge is 0.465 e. The molecule has 0 bridgehead atoms. The molecule has 3 aliphatic carbocycles. The quantitative estimate of drug-likeness (QED) is 0.418. The van der Waals surface area contributed by atoms with Gasteiger partial charge in [0.2, 0.25) is 0 Å². The number of hydrogen-bond donors (Lipinski definition) is 1. The molecule has 1 aromatic rings. The van der Waals surface area contributed by atoms with Crippen LogP contribution in [0.1, 0.15) is 63.4 Å². The maximum Gasteiger partial charge on any atom is 0.312 e. The molecule has 2 heterocycles. The molecule has 5 atom stereocenters. The van der Waals surface area contributed by atoms with Crippen LogP contribution in [0.5, 0.6) is 0 Å². The number of esters is 1. The molecule has 37 heavy (non-hydrogen) atoms. The number of aliphatic hydroxyl groups is 1. The minimum Gasteiger partial charge on any atom is -0.465 e. The van der Waals surface area contributed by atoms with Crippen molar-refractivity contribution in [2.45, 2.75) is 69.2 Å². The summed E-state index contributed by atoms with van der Waals surface area (Å²) in [7, 11) is 4.10. The molecule has 5 aliphatic rings. The molecule has 208 valence electrons. The Labute approximate surface area is 241 Å². The van der Waals surface area contributed by atoms with Gasteiger partial charge in [-0.1, -0.05) is 17.7 Å². The maximum atomic E-state index is 13.1. The SMILES string of the molecule is CN(C)c1ccc([C@H]2C[C@]3(C)C(=O)OCC[C@H]3[C@@H]3CC[C@@]4(O)CC5(CCC4=C32)OCCO5)cc1.S.S.S. The average Bonchev–Trinajstić information content (AvgIpc) is 3.26. The molecule has 1 spiro atoms. The highest BCUT2D eigenvalue weighted by atomic mass is 32.1. The summed E-state index contributed by atoms with van der Waals surface area (Å²) in [5.74, 6) is 0.00733. The van der Waals surface area contributed by atoms with Crippen LogP contribution in [-0.4, -0.2) is 56.4 Å². The first-order valence-corrected chi connectivity index (χ1v) is 12.9. The van der Waals surface area contributed by atoms with Crippen LogP contribution in [0.15, 0.2) is 35.4 Å². The van der Waals surface area contributed by atoms with Crippen molar-refractivity contribution >= 4 is 52.1 Å². The molecule has 2 saturated carbocycles. The lowest BCUT2D eigenvalue weighted by Gasteiger charge is -2.57. The Morgan fingerprint density at radius 3 is 2.30 bits per heavy atom. The summed E-state index contributed by atoms with van der Waals surface area (Å²) in [4.78, 5) is 15.2. The van der Waals surface area contributed by atoms with Crippen molar-refractivity contribution < 1.29 is 24.1 Å². The third-order valence-corrected chi connectivity index (χ3v) is 9.56. The summed E-state index contributed by atoms with van der Waals surface area (Å²) in [5, 5.41) is 12.0. The van der Waals surface area contributed by atoms with Crippen LogP contribution < -0.4 is 4.90 Å². The average molecular weight is 570 g/mol. The Bertz CT molecular complexity index is 1030. The Morgan fingerprint density at radius 2 is 1.65 bits per heavy atom. The van der Waals surface area contributed by atoms with Gasteiger partial charge in [0.25, 0.3) is 0 Å². The second kappa shape index (κ2) is 11.0. The third kappa shape index (κ3) is 4.86. The number of carbonyl (C=O) groups is 1. The monoisotopic (exact) mass is 569 g/mol. The smallest absolute Gasteiger partial charge is 0.312 e. The van der Waals surface area contributed by atoms with Crippen LogP contribution >= 0.6 is 40.5 Å². The van der Waals surface area contributed by atoms with Gasteiger partial charge in [-0.25, -0.2) is 0 Å². The van der Waals surface area contributed by atoms with Crippen LogP contribution in [0, 0.1) is 17.3 Å². The minimum atomic E-state index is -0.890. The number of rotatable bonds is 2. The molecule has 1 aromatic carbocycles. The normalized spacial score (nSPS) is 35.6. The third-order valence-electron chi connectivity index (χ3n) is 9.56. The first-order valence-electron chi connectivity index (χ1n) is 12.9. The molecule has 0 radical (unpaired) electrons. The van der Waals surface area contributed by atoms with E-state index in [1.807, 2.05) is 14.1 Å². The van der Waals surface area contributed by atoms with E-state index >= 15 is 0 Å². The van der Waals surface area contributed by atoms with E-state index in [-0.39, 0.29) is 58.3 Å². The summed E-state index contributed by atoms with van der Waals surface area (Å²) in [6.45, 7) is 3.84. The second-order valence-corrected chi connectivity index (χ2v) is 11.6. The van der Waals surface area contributed by atoms with Crippen LogP contribution in [-0.2, 0) is 19.0 Å². The van der Waals surface area contributed by atoms with Crippen molar-refractivity contribution in [2.75, 3.05) is 38.8 Å². The van der Waals surface area contributed by atoms with Crippen molar-refractivity contribution in [1.29, 1.82) is 0 Å². The Balaban J connectivity index is 0.00000127. The summed E-state index contributed by atoms with van der Waals surface area (Å²) >= 11 is 0. The lowest BCUT2D eigenvalue weighted by Crippen LogP contribution is -2.56. The zero-order chi connectivity index (χ0) is 23.7. The number of ether oxygens (including phenoxy) is 3. The summed E-state index contributed by atoms with van der Waals surface area (Å²) in [6.07, 6.45) is 5.34. The van der Waals surface area contributed by atoms with E-state index in [0.717, 1.165) is 37.8 Å². The topological polar surface area (TPSA) is 68.2 Å². The molecular weight excluding hydrogens is 527 g/mol. The number of benzene rings is 1. The number of hydrogen-bond acceptors (Lipinski definition) is 6.